The molecule has 0 aliphatic carbocycles. The molecule has 0 radical (unpaired) electrons. The van der Waals surface area contributed by atoms with E-state index in [-0.39, 0.29) is 17.5 Å². The Hall–Kier alpha value is -2.56. The number of rotatable bonds is 1. The van der Waals surface area contributed by atoms with Crippen molar-refractivity contribution in [1.82, 2.24) is 9.78 Å². The van der Waals surface area contributed by atoms with Crippen molar-refractivity contribution < 1.29 is 9.21 Å². The highest BCUT2D eigenvalue weighted by molar-refractivity contribution is 5.98. The van der Waals surface area contributed by atoms with Crippen LogP contribution in [0.1, 0.15) is 16.1 Å². The van der Waals surface area contributed by atoms with Crippen molar-refractivity contribution in [2.45, 2.75) is 6.92 Å². The molecule has 0 aliphatic heterocycles. The largest absolute Gasteiger partial charge is 0.451 e. The van der Waals surface area contributed by atoms with E-state index in [1.54, 1.807) is 12.1 Å². The Bertz CT molecular complexity index is 740. The quantitative estimate of drug-likeness (QED) is 0.708. The third kappa shape index (κ3) is 1.57. The summed E-state index contributed by atoms with van der Waals surface area (Å²) in [5.41, 5.74) is 7.40. The van der Waals surface area contributed by atoms with Crippen LogP contribution in [0.25, 0.3) is 11.0 Å². The molecule has 18 heavy (non-hydrogen) atoms. The maximum absolute atomic E-state index is 12.1. The second-order valence-corrected chi connectivity index (χ2v) is 4.12. The normalized spacial score (nSPS) is 10.9. The van der Waals surface area contributed by atoms with Crippen LogP contribution in [0, 0.1) is 6.92 Å². The minimum Gasteiger partial charge on any atom is -0.451 e. The molecule has 0 saturated carbocycles. The van der Waals surface area contributed by atoms with Crippen LogP contribution in [0.3, 0.4) is 0 Å². The van der Waals surface area contributed by atoms with Crippen LogP contribution < -0.4 is 5.73 Å². The number of anilines is 1. The van der Waals surface area contributed by atoms with Crippen molar-refractivity contribution in [3.05, 3.63) is 47.9 Å². The first-order chi connectivity index (χ1) is 8.65. The van der Waals surface area contributed by atoms with Gasteiger partial charge in [-0.1, -0.05) is 12.1 Å². The molecule has 0 saturated heterocycles. The molecule has 2 N–H and O–H groups in total. The summed E-state index contributed by atoms with van der Waals surface area (Å²) in [5, 5.41) is 4.75. The molecule has 3 rings (SSSR count). The van der Waals surface area contributed by atoms with E-state index >= 15 is 0 Å². The standard InChI is InChI=1S/C13H11N3O2/c1-8-2-3-9-7-11(18-10(9)6-8)13(17)16-12(14)4-5-15-16/h2-7H,14H2,1H3. The molecule has 0 spiro atoms. The van der Waals surface area contributed by atoms with Gasteiger partial charge in [-0.05, 0) is 24.6 Å². The smallest absolute Gasteiger partial charge is 0.315 e. The first kappa shape index (κ1) is 10.6. The van der Waals surface area contributed by atoms with Gasteiger partial charge in [0.05, 0.1) is 6.20 Å². The Morgan fingerprint density at radius 1 is 1.33 bits per heavy atom. The van der Waals surface area contributed by atoms with Gasteiger partial charge in [0, 0.05) is 11.5 Å². The van der Waals surface area contributed by atoms with Gasteiger partial charge in [0.25, 0.3) is 0 Å². The van der Waals surface area contributed by atoms with Gasteiger partial charge in [0.15, 0.2) is 5.76 Å². The molecular formula is C13H11N3O2. The van der Waals surface area contributed by atoms with Crippen molar-refractivity contribution in [3.63, 3.8) is 0 Å². The predicted octanol–water partition coefficient (Wildman–Crippen LogP) is 2.21. The Morgan fingerprint density at radius 3 is 2.89 bits per heavy atom. The fraction of sp³-hybridized carbons (Fsp3) is 0.0769. The molecule has 3 aromatic rings. The summed E-state index contributed by atoms with van der Waals surface area (Å²) in [5.74, 6) is 0.147. The molecule has 90 valence electrons. The molecule has 0 bridgehead atoms. The molecular weight excluding hydrogens is 230 g/mol. The van der Waals surface area contributed by atoms with E-state index < -0.39 is 0 Å². The van der Waals surface area contributed by atoms with Crippen LogP contribution in [0.5, 0.6) is 0 Å². The Labute approximate surface area is 103 Å². The third-order valence-electron chi connectivity index (χ3n) is 2.75. The van der Waals surface area contributed by atoms with Crippen LogP contribution in [-0.4, -0.2) is 15.7 Å². The lowest BCUT2D eigenvalue weighted by atomic mass is 10.2. The zero-order valence-corrected chi connectivity index (χ0v) is 9.75. The van der Waals surface area contributed by atoms with Crippen LogP contribution >= 0.6 is 0 Å². The number of benzene rings is 1. The predicted molar refractivity (Wildman–Crippen MR) is 67.3 cm³/mol. The summed E-state index contributed by atoms with van der Waals surface area (Å²) in [6.45, 7) is 1.97. The highest BCUT2D eigenvalue weighted by Gasteiger charge is 2.16. The topological polar surface area (TPSA) is 74.0 Å². The van der Waals surface area contributed by atoms with Crippen LogP contribution in [0.15, 0.2) is 40.9 Å². The molecule has 2 heterocycles. The first-order valence-corrected chi connectivity index (χ1v) is 5.49. The van der Waals surface area contributed by atoms with Gasteiger partial charge >= 0.3 is 5.91 Å². The molecule has 0 aliphatic rings. The zero-order chi connectivity index (χ0) is 12.7. The van der Waals surface area contributed by atoms with E-state index in [1.807, 2.05) is 25.1 Å². The van der Waals surface area contributed by atoms with E-state index in [1.165, 1.54) is 6.20 Å². The number of aromatic nitrogens is 2. The third-order valence-corrected chi connectivity index (χ3v) is 2.75. The average molecular weight is 241 g/mol. The van der Waals surface area contributed by atoms with E-state index in [2.05, 4.69) is 5.10 Å². The number of hydrogen-bond donors (Lipinski definition) is 1. The summed E-state index contributed by atoms with van der Waals surface area (Å²) in [6, 6.07) is 9.02. The molecule has 0 fully saturated rings. The summed E-state index contributed by atoms with van der Waals surface area (Å²) in [6.07, 6.45) is 1.47. The highest BCUT2D eigenvalue weighted by Crippen LogP contribution is 2.21. The number of furan rings is 1. The Morgan fingerprint density at radius 2 is 2.17 bits per heavy atom. The number of nitrogens with two attached hydrogens (primary N) is 1. The number of hydrogen-bond acceptors (Lipinski definition) is 4. The van der Waals surface area contributed by atoms with E-state index in [0.717, 1.165) is 15.6 Å². The van der Waals surface area contributed by atoms with E-state index in [9.17, 15) is 4.79 Å². The fourth-order valence-electron chi connectivity index (χ4n) is 1.83. The van der Waals surface area contributed by atoms with Gasteiger partial charge in [-0.3, -0.25) is 4.79 Å². The molecule has 2 aromatic heterocycles. The van der Waals surface area contributed by atoms with Crippen molar-refractivity contribution in [2.24, 2.45) is 0 Å². The Balaban J connectivity index is 2.10. The summed E-state index contributed by atoms with van der Waals surface area (Å²) < 4.78 is 6.64. The maximum Gasteiger partial charge on any atom is 0.315 e. The van der Waals surface area contributed by atoms with Gasteiger partial charge in [0.1, 0.15) is 11.4 Å². The fourth-order valence-corrected chi connectivity index (χ4v) is 1.83. The van der Waals surface area contributed by atoms with Crippen molar-refractivity contribution in [2.75, 3.05) is 5.73 Å². The molecule has 0 amide bonds. The van der Waals surface area contributed by atoms with Gasteiger partial charge in [-0.25, -0.2) is 0 Å². The van der Waals surface area contributed by atoms with Gasteiger partial charge in [0.2, 0.25) is 0 Å². The van der Waals surface area contributed by atoms with Crippen molar-refractivity contribution >= 4 is 22.7 Å². The van der Waals surface area contributed by atoms with Gasteiger partial charge in [-0.15, -0.1) is 0 Å². The summed E-state index contributed by atoms with van der Waals surface area (Å²) >= 11 is 0. The number of nitrogens with zero attached hydrogens (tertiary/aromatic N) is 2. The molecule has 0 unspecified atom stereocenters. The SMILES string of the molecule is Cc1ccc2cc(C(=O)n3nccc3N)oc2c1. The first-order valence-electron chi connectivity index (χ1n) is 5.49. The summed E-state index contributed by atoms with van der Waals surface area (Å²) in [7, 11) is 0. The van der Waals surface area contributed by atoms with Gasteiger partial charge in [-0.2, -0.15) is 9.78 Å². The van der Waals surface area contributed by atoms with Crippen molar-refractivity contribution in [3.8, 4) is 0 Å². The van der Waals surface area contributed by atoms with Gasteiger partial charge < -0.3 is 10.2 Å². The minimum absolute atomic E-state index is 0.228. The minimum atomic E-state index is -0.369. The number of carbonyl (C=O) groups is 1. The second kappa shape index (κ2) is 3.73. The molecule has 5 heteroatoms. The molecule has 0 atom stereocenters. The number of fused-ring (bicyclic) bond motifs is 1. The number of aryl methyl sites for hydroxylation is 1. The van der Waals surface area contributed by atoms with Crippen LogP contribution in [0.2, 0.25) is 0 Å². The molecule has 5 nitrogen and oxygen atoms in total. The lowest BCUT2D eigenvalue weighted by molar-refractivity contribution is 0.0922. The Kier molecular flexibility index (Phi) is 2.19. The number of carbonyl (C=O) groups excluding carboxylic acids is 1. The monoisotopic (exact) mass is 241 g/mol. The highest BCUT2D eigenvalue weighted by atomic mass is 16.3. The lowest BCUT2D eigenvalue weighted by Gasteiger charge is -1.98. The lowest BCUT2D eigenvalue weighted by Crippen LogP contribution is -2.15. The second-order valence-electron chi connectivity index (χ2n) is 4.12. The average Bonchev–Trinajstić information content (AvgIpc) is 2.93. The molecule has 1 aromatic carbocycles. The van der Waals surface area contributed by atoms with Crippen LogP contribution in [-0.2, 0) is 0 Å². The van der Waals surface area contributed by atoms with Crippen LogP contribution in [0.4, 0.5) is 5.82 Å². The zero-order valence-electron chi connectivity index (χ0n) is 9.75. The number of nitrogen functional groups attached to an aromatic ring is 1. The van der Waals surface area contributed by atoms with Crippen molar-refractivity contribution in [1.29, 1.82) is 0 Å². The van der Waals surface area contributed by atoms with E-state index in [4.69, 9.17) is 10.2 Å². The summed E-state index contributed by atoms with van der Waals surface area (Å²) in [4.78, 5) is 12.1. The van der Waals surface area contributed by atoms with E-state index in [0.29, 0.717) is 5.58 Å². The maximum atomic E-state index is 12.1.